The molecular formula is C8H16O4S2Sn. The average Bonchev–Trinajstić information content (AvgIpc) is 2.22. The number of carbonyl (C=O) groups excluding carboxylic acids is 2. The van der Waals surface area contributed by atoms with Gasteiger partial charge in [-0.25, -0.2) is 0 Å². The predicted molar refractivity (Wildman–Crippen MR) is 67.4 cm³/mol. The number of carbonyl (C=O) groups is 2. The van der Waals surface area contributed by atoms with E-state index in [1.807, 2.05) is 0 Å². The van der Waals surface area contributed by atoms with Crippen LogP contribution in [0, 0.1) is 0 Å². The molecule has 0 rings (SSSR count). The predicted octanol–water partition coefficient (Wildman–Crippen LogP) is 0.327. The van der Waals surface area contributed by atoms with Crippen LogP contribution in [0.15, 0.2) is 0 Å². The van der Waals surface area contributed by atoms with Gasteiger partial charge in [-0.2, -0.15) is 0 Å². The van der Waals surface area contributed by atoms with Gasteiger partial charge in [0.1, 0.15) is 0 Å². The van der Waals surface area contributed by atoms with Gasteiger partial charge in [-0.3, -0.25) is 0 Å². The molecule has 88 valence electrons. The Morgan fingerprint density at radius 1 is 1.20 bits per heavy atom. The van der Waals surface area contributed by atoms with E-state index in [-0.39, 0.29) is 28.2 Å². The van der Waals surface area contributed by atoms with E-state index in [0.717, 1.165) is 0 Å². The molecule has 0 bridgehead atoms. The van der Waals surface area contributed by atoms with Gasteiger partial charge in [-0.05, 0) is 0 Å². The van der Waals surface area contributed by atoms with Gasteiger partial charge in [0.05, 0.1) is 0 Å². The zero-order valence-corrected chi connectivity index (χ0v) is 13.9. The van der Waals surface area contributed by atoms with Crippen LogP contribution in [-0.4, -0.2) is 53.9 Å². The Labute approximate surface area is 108 Å². The Kier molecular flexibility index (Phi) is 8.83. The fourth-order valence-corrected chi connectivity index (χ4v) is 3.54. The van der Waals surface area contributed by atoms with E-state index in [1.165, 1.54) is 0 Å². The molecule has 0 heterocycles. The molecule has 0 amide bonds. The molecule has 0 aromatic carbocycles. The second-order valence-corrected chi connectivity index (χ2v) is 13.1. The summed E-state index contributed by atoms with van der Waals surface area (Å²) in [6.07, 6.45) is 0. The van der Waals surface area contributed by atoms with E-state index >= 15 is 0 Å². The van der Waals surface area contributed by atoms with Gasteiger partial charge < -0.3 is 0 Å². The summed E-state index contributed by atoms with van der Waals surface area (Å²) in [7, 11) is 0. The minimum atomic E-state index is -1.86. The fraction of sp³-hybridized carbons (Fsp3) is 0.750. The van der Waals surface area contributed by atoms with Crippen LogP contribution in [0.2, 0.25) is 9.88 Å². The molecule has 7 heteroatoms. The van der Waals surface area contributed by atoms with Gasteiger partial charge in [0, 0.05) is 0 Å². The van der Waals surface area contributed by atoms with E-state index in [9.17, 15) is 9.59 Å². The fourth-order valence-electron chi connectivity index (χ4n) is 0.789. The van der Waals surface area contributed by atoms with Crippen LogP contribution in [-0.2, 0) is 19.1 Å². The third kappa shape index (κ3) is 7.35. The zero-order chi connectivity index (χ0) is 11.8. The standard InChI is InChI=1S/C6H9O4S2.2CH3.Sn.H/c7-5(3-11)9-1-2-10-6(8)4-12;;;;/h1,11-12H,2-4H2;2*1H3;;. The Hall–Kier alpha value is 0.439. The molecule has 0 fully saturated rings. The molecule has 0 saturated carbocycles. The molecule has 0 saturated heterocycles. The van der Waals surface area contributed by atoms with Crippen molar-refractivity contribution >= 4 is 57.0 Å². The molecule has 4 nitrogen and oxygen atoms in total. The van der Waals surface area contributed by atoms with Crippen LogP contribution < -0.4 is 0 Å². The normalized spacial score (nSPS) is 12.3. The van der Waals surface area contributed by atoms with Crippen molar-refractivity contribution in [2.24, 2.45) is 0 Å². The Morgan fingerprint density at radius 3 is 2.13 bits per heavy atom. The molecule has 0 aliphatic carbocycles. The number of ether oxygens (including phenoxy) is 2. The van der Waals surface area contributed by atoms with Gasteiger partial charge in [-0.1, -0.05) is 0 Å². The third-order valence-electron chi connectivity index (χ3n) is 1.69. The minimum absolute atomic E-state index is 0.0425. The third-order valence-corrected chi connectivity index (χ3v) is 7.39. The van der Waals surface area contributed by atoms with Crippen LogP contribution in [0.1, 0.15) is 0 Å². The average molecular weight is 359 g/mol. The number of esters is 2. The van der Waals surface area contributed by atoms with Crippen molar-refractivity contribution in [3.63, 3.8) is 0 Å². The summed E-state index contributed by atoms with van der Waals surface area (Å²) < 4.78 is 9.81. The SMILES string of the molecule is [CH3][SnH]([CH3])[CH](COC(=O)CS)OC(=O)CS. The first kappa shape index (κ1) is 15.4. The molecule has 0 spiro atoms. The number of thiol groups is 2. The van der Waals surface area contributed by atoms with Gasteiger partial charge in [-0.15, -0.1) is 0 Å². The van der Waals surface area contributed by atoms with Gasteiger partial charge >= 0.3 is 108 Å². The molecule has 0 aliphatic rings. The van der Waals surface area contributed by atoms with E-state index in [0.29, 0.717) is 0 Å². The summed E-state index contributed by atoms with van der Waals surface area (Å²) in [6, 6.07) is 0. The first-order valence-electron chi connectivity index (χ1n) is 4.58. The maximum absolute atomic E-state index is 11.0. The van der Waals surface area contributed by atoms with Gasteiger partial charge in [0.15, 0.2) is 0 Å². The van der Waals surface area contributed by atoms with Crippen LogP contribution in [0.25, 0.3) is 0 Å². The first-order chi connectivity index (χ1) is 7.01. The summed E-state index contributed by atoms with van der Waals surface area (Å²) in [5, 5.41) is 0. The van der Waals surface area contributed by atoms with Crippen LogP contribution in [0.5, 0.6) is 0 Å². The molecule has 0 aromatic heterocycles. The quantitative estimate of drug-likeness (QED) is 0.408. The molecule has 0 aromatic rings. The summed E-state index contributed by atoms with van der Waals surface area (Å²) in [5.41, 5.74) is 0. The van der Waals surface area contributed by atoms with Crippen molar-refractivity contribution in [3.8, 4) is 0 Å². The summed E-state index contributed by atoms with van der Waals surface area (Å²) in [4.78, 5) is 26.1. The van der Waals surface area contributed by atoms with Crippen molar-refractivity contribution in [2.45, 2.75) is 14.0 Å². The Balaban J connectivity index is 4.05. The van der Waals surface area contributed by atoms with E-state index in [1.54, 1.807) is 0 Å². The number of hydrogen-bond donors (Lipinski definition) is 2. The second kappa shape index (κ2) is 8.57. The van der Waals surface area contributed by atoms with Crippen molar-refractivity contribution in [3.05, 3.63) is 0 Å². The van der Waals surface area contributed by atoms with Crippen molar-refractivity contribution < 1.29 is 19.1 Å². The number of hydrogen-bond acceptors (Lipinski definition) is 6. The maximum atomic E-state index is 11.0. The number of rotatable bonds is 6. The monoisotopic (exact) mass is 360 g/mol. The molecular weight excluding hydrogens is 343 g/mol. The molecule has 0 aliphatic heterocycles. The van der Waals surface area contributed by atoms with E-state index in [4.69, 9.17) is 9.47 Å². The Bertz CT molecular complexity index is 223. The summed E-state index contributed by atoms with van der Waals surface area (Å²) in [6.45, 7) is 0.159. The summed E-state index contributed by atoms with van der Waals surface area (Å²) in [5.74, 6) is -0.663. The van der Waals surface area contributed by atoms with Gasteiger partial charge in [0.25, 0.3) is 0 Å². The topological polar surface area (TPSA) is 52.6 Å². The summed E-state index contributed by atoms with van der Waals surface area (Å²) >= 11 is 5.73. The molecule has 0 radical (unpaired) electrons. The zero-order valence-electron chi connectivity index (χ0n) is 8.80. The molecule has 1 atom stereocenters. The molecule has 15 heavy (non-hydrogen) atoms. The molecule has 1 unspecified atom stereocenters. The molecule has 0 N–H and O–H groups in total. The van der Waals surface area contributed by atoms with Crippen molar-refractivity contribution in [1.29, 1.82) is 0 Å². The van der Waals surface area contributed by atoms with Crippen LogP contribution in [0.3, 0.4) is 0 Å². The van der Waals surface area contributed by atoms with Crippen molar-refractivity contribution in [2.75, 3.05) is 18.1 Å². The first-order valence-corrected chi connectivity index (χ1v) is 14.3. The second-order valence-electron chi connectivity index (χ2n) is 3.27. The van der Waals surface area contributed by atoms with Crippen molar-refractivity contribution in [1.82, 2.24) is 0 Å². The van der Waals surface area contributed by atoms with Gasteiger partial charge in [0.2, 0.25) is 0 Å². The Morgan fingerprint density at radius 2 is 1.73 bits per heavy atom. The van der Waals surface area contributed by atoms with Crippen LogP contribution >= 0.6 is 25.3 Å². The van der Waals surface area contributed by atoms with E-state index < -0.39 is 25.7 Å². The van der Waals surface area contributed by atoms with Crippen LogP contribution in [0.4, 0.5) is 0 Å². The van der Waals surface area contributed by atoms with E-state index in [2.05, 4.69) is 35.1 Å².